The Balaban J connectivity index is 1.37. The Labute approximate surface area is 241 Å². The lowest BCUT2D eigenvalue weighted by Crippen LogP contribution is -1.99. The normalized spacial score (nSPS) is 11.9. The first-order valence-corrected chi connectivity index (χ1v) is 14.6. The van der Waals surface area contributed by atoms with Crippen molar-refractivity contribution < 1.29 is 0 Å². The van der Waals surface area contributed by atoms with Crippen LogP contribution in [0.5, 0.6) is 0 Å². The van der Waals surface area contributed by atoms with E-state index in [-0.39, 0.29) is 0 Å². The number of hydrogen-bond acceptors (Lipinski definition) is 3. The minimum Gasteiger partial charge on any atom is -0.237 e. The van der Waals surface area contributed by atoms with Gasteiger partial charge in [0.15, 0.2) is 5.65 Å². The summed E-state index contributed by atoms with van der Waals surface area (Å²) in [6, 6.07) is 44.1. The molecule has 41 heavy (non-hydrogen) atoms. The van der Waals surface area contributed by atoms with Gasteiger partial charge in [0.2, 0.25) is 0 Å². The number of hydrogen-bond donors (Lipinski definition) is 0. The van der Waals surface area contributed by atoms with Crippen molar-refractivity contribution in [3.63, 3.8) is 0 Å². The second kappa shape index (κ2) is 8.69. The SMILES string of the molecule is c1ccc2c(c1)-c1cc(-c3cccc4c3sc3ccccc34)ccc1-c1ccccc1-c1c-2cnc2ncccc12. The highest BCUT2D eigenvalue weighted by atomic mass is 32.1. The maximum Gasteiger partial charge on any atom is 0.159 e. The number of benzene rings is 5. The van der Waals surface area contributed by atoms with Gasteiger partial charge in [-0.2, -0.15) is 0 Å². The highest BCUT2D eigenvalue weighted by Gasteiger charge is 2.24. The first kappa shape index (κ1) is 22.7. The largest absolute Gasteiger partial charge is 0.237 e. The van der Waals surface area contributed by atoms with Gasteiger partial charge >= 0.3 is 0 Å². The molecular formula is C38H22N2S. The molecular weight excluding hydrogens is 516 g/mol. The maximum absolute atomic E-state index is 4.80. The van der Waals surface area contributed by atoms with Gasteiger partial charge < -0.3 is 0 Å². The van der Waals surface area contributed by atoms with Crippen LogP contribution in [0.25, 0.3) is 86.8 Å². The van der Waals surface area contributed by atoms with Crippen molar-refractivity contribution in [3.8, 4) is 55.6 Å². The maximum atomic E-state index is 4.80. The highest BCUT2D eigenvalue weighted by molar-refractivity contribution is 7.26. The molecule has 0 aliphatic heterocycles. The zero-order valence-electron chi connectivity index (χ0n) is 22.0. The fourth-order valence-electron chi connectivity index (χ4n) is 6.56. The van der Waals surface area contributed by atoms with Gasteiger partial charge in [0.25, 0.3) is 0 Å². The first-order chi connectivity index (χ1) is 20.3. The summed E-state index contributed by atoms with van der Waals surface area (Å²) in [6.45, 7) is 0. The Bertz CT molecular complexity index is 2320. The van der Waals surface area contributed by atoms with Gasteiger partial charge in [-0.1, -0.05) is 97.1 Å². The molecule has 1 aliphatic rings. The molecule has 3 aromatic heterocycles. The van der Waals surface area contributed by atoms with Crippen LogP contribution in [-0.2, 0) is 0 Å². The minimum atomic E-state index is 0.770. The van der Waals surface area contributed by atoms with Crippen LogP contribution in [0.2, 0.25) is 0 Å². The monoisotopic (exact) mass is 538 g/mol. The predicted octanol–water partition coefficient (Wildman–Crippen LogP) is 10.6. The Morgan fingerprint density at radius 2 is 1.10 bits per heavy atom. The standard InChI is InChI=1S/C38H22N2S/c1-2-11-27-26(10-1)33-21-23(24-14-7-15-31-29-12-5-6-17-35(29)41-37(24)31)18-19-28(33)25-9-3-4-13-30(25)36-32-16-8-20-39-38(32)40-22-34(27)36/h1-22H. The van der Waals surface area contributed by atoms with Crippen LogP contribution in [0.15, 0.2) is 134 Å². The Morgan fingerprint density at radius 1 is 0.439 bits per heavy atom. The predicted molar refractivity (Wildman–Crippen MR) is 173 cm³/mol. The Kier molecular flexibility index (Phi) is 4.80. The smallest absolute Gasteiger partial charge is 0.159 e. The quantitative estimate of drug-likeness (QED) is 0.208. The van der Waals surface area contributed by atoms with Crippen molar-refractivity contribution in [1.82, 2.24) is 9.97 Å². The van der Waals surface area contributed by atoms with Crippen LogP contribution in [-0.4, -0.2) is 9.97 Å². The van der Waals surface area contributed by atoms with Crippen LogP contribution < -0.4 is 0 Å². The zero-order valence-corrected chi connectivity index (χ0v) is 22.8. The summed E-state index contributed by atoms with van der Waals surface area (Å²) in [5.74, 6) is 0. The molecule has 0 saturated heterocycles. The van der Waals surface area contributed by atoms with E-state index in [0.717, 1.165) is 16.6 Å². The number of rotatable bonds is 1. The number of pyridine rings is 2. The molecule has 0 amide bonds. The van der Waals surface area contributed by atoms with Gasteiger partial charge in [0.1, 0.15) is 0 Å². The van der Waals surface area contributed by atoms with E-state index in [1.54, 1.807) is 0 Å². The van der Waals surface area contributed by atoms with Gasteiger partial charge in [-0.05, 0) is 68.8 Å². The van der Waals surface area contributed by atoms with E-state index >= 15 is 0 Å². The number of thiophene rings is 1. The molecule has 0 bridgehead atoms. The third-order valence-electron chi connectivity index (χ3n) is 8.37. The Hall–Kier alpha value is -5.12. The number of nitrogens with zero attached hydrogens (tertiary/aromatic N) is 2. The minimum absolute atomic E-state index is 0.770. The third kappa shape index (κ3) is 3.30. The van der Waals surface area contributed by atoms with Crippen molar-refractivity contribution >= 4 is 42.5 Å². The van der Waals surface area contributed by atoms with E-state index in [0.29, 0.717) is 0 Å². The van der Waals surface area contributed by atoms with Crippen molar-refractivity contribution in [2.75, 3.05) is 0 Å². The van der Waals surface area contributed by atoms with Crippen LogP contribution in [0.1, 0.15) is 0 Å². The average Bonchev–Trinajstić information content (AvgIpc) is 3.42. The van der Waals surface area contributed by atoms with Gasteiger partial charge in [0, 0.05) is 49.1 Å². The third-order valence-corrected chi connectivity index (χ3v) is 9.59. The summed E-state index contributed by atoms with van der Waals surface area (Å²) in [6.07, 6.45) is 3.82. The molecule has 1 aliphatic carbocycles. The summed E-state index contributed by atoms with van der Waals surface area (Å²) in [4.78, 5) is 9.40. The highest BCUT2D eigenvalue weighted by Crippen LogP contribution is 2.50. The van der Waals surface area contributed by atoms with Crippen molar-refractivity contribution in [2.45, 2.75) is 0 Å². The zero-order chi connectivity index (χ0) is 26.9. The molecule has 5 aromatic carbocycles. The molecule has 3 heteroatoms. The molecule has 2 nitrogen and oxygen atoms in total. The fraction of sp³-hybridized carbons (Fsp3) is 0. The Morgan fingerprint density at radius 3 is 1.98 bits per heavy atom. The summed E-state index contributed by atoms with van der Waals surface area (Å²) in [5, 5.41) is 3.72. The fourth-order valence-corrected chi connectivity index (χ4v) is 7.80. The molecule has 0 spiro atoms. The summed E-state index contributed by atoms with van der Waals surface area (Å²) in [5.41, 5.74) is 12.9. The molecule has 9 rings (SSSR count). The van der Waals surface area contributed by atoms with Crippen molar-refractivity contribution in [3.05, 3.63) is 134 Å². The lowest BCUT2D eigenvalue weighted by Gasteiger charge is -2.24. The van der Waals surface area contributed by atoms with Crippen LogP contribution in [0.4, 0.5) is 0 Å². The van der Waals surface area contributed by atoms with Crippen LogP contribution >= 0.6 is 11.3 Å². The van der Waals surface area contributed by atoms with Gasteiger partial charge in [-0.25, -0.2) is 9.97 Å². The van der Waals surface area contributed by atoms with Crippen LogP contribution in [0.3, 0.4) is 0 Å². The number of fused-ring (bicyclic) bond motifs is 13. The molecule has 0 atom stereocenters. The second-order valence-electron chi connectivity index (χ2n) is 10.6. The van der Waals surface area contributed by atoms with E-state index < -0.39 is 0 Å². The molecule has 0 saturated carbocycles. The van der Waals surface area contributed by atoms with Crippen molar-refractivity contribution in [2.24, 2.45) is 0 Å². The number of aromatic nitrogens is 2. The molecule has 190 valence electrons. The lowest BCUT2D eigenvalue weighted by molar-refractivity contribution is 1.29. The molecule has 0 unspecified atom stereocenters. The lowest BCUT2D eigenvalue weighted by atomic mass is 9.80. The van der Waals surface area contributed by atoms with E-state index in [4.69, 9.17) is 4.98 Å². The average molecular weight is 539 g/mol. The van der Waals surface area contributed by atoms with Gasteiger partial charge in [-0.3, -0.25) is 0 Å². The first-order valence-electron chi connectivity index (χ1n) is 13.8. The topological polar surface area (TPSA) is 25.8 Å². The molecule has 0 N–H and O–H groups in total. The second-order valence-corrected chi connectivity index (χ2v) is 11.6. The summed E-state index contributed by atoms with van der Waals surface area (Å²) in [7, 11) is 0. The van der Waals surface area contributed by atoms with Gasteiger partial charge in [-0.15, -0.1) is 11.3 Å². The van der Waals surface area contributed by atoms with E-state index in [1.807, 2.05) is 29.8 Å². The van der Waals surface area contributed by atoms with Gasteiger partial charge in [0.05, 0.1) is 0 Å². The molecule has 0 fully saturated rings. The van der Waals surface area contributed by atoms with Crippen molar-refractivity contribution in [1.29, 1.82) is 0 Å². The molecule has 3 heterocycles. The van der Waals surface area contributed by atoms with E-state index in [1.165, 1.54) is 70.2 Å². The summed E-state index contributed by atoms with van der Waals surface area (Å²) < 4.78 is 2.66. The molecule has 8 aromatic rings. The van der Waals surface area contributed by atoms with E-state index in [9.17, 15) is 0 Å². The van der Waals surface area contributed by atoms with E-state index in [2.05, 4.69) is 120 Å². The van der Waals surface area contributed by atoms with Crippen LogP contribution in [0, 0.1) is 0 Å². The molecule has 0 radical (unpaired) electrons. The summed E-state index contributed by atoms with van der Waals surface area (Å²) >= 11 is 1.88.